The molecule has 0 saturated heterocycles. The molecule has 2 rings (SSSR count). The van der Waals surface area contributed by atoms with Gasteiger partial charge in [0.1, 0.15) is 11.5 Å². The first-order valence-electron chi connectivity index (χ1n) is 4.19. The number of hydrogen-bond donors (Lipinski definition) is 2. The first-order chi connectivity index (χ1) is 6.11. The summed E-state index contributed by atoms with van der Waals surface area (Å²) in [6.45, 7) is 1.86. The molecule has 0 bridgehead atoms. The number of Topliss-reactive ketones (excluding diaryl/α,β-unsaturated/α-hetero) is 1. The second-order valence-corrected chi connectivity index (χ2v) is 3.42. The molecule has 0 radical (unpaired) electrons. The van der Waals surface area contributed by atoms with Crippen molar-refractivity contribution in [3.63, 3.8) is 0 Å². The van der Waals surface area contributed by atoms with Crippen LogP contribution in [0, 0.1) is 0 Å². The van der Waals surface area contributed by atoms with E-state index >= 15 is 0 Å². The van der Waals surface area contributed by atoms with Gasteiger partial charge in [-0.3, -0.25) is 4.79 Å². The molecule has 0 spiro atoms. The molecule has 0 unspecified atom stereocenters. The van der Waals surface area contributed by atoms with Gasteiger partial charge in [0.15, 0.2) is 5.78 Å². The van der Waals surface area contributed by atoms with E-state index in [0.29, 0.717) is 17.5 Å². The molecule has 68 valence electrons. The van der Waals surface area contributed by atoms with E-state index < -0.39 is 0 Å². The number of rotatable bonds is 0. The van der Waals surface area contributed by atoms with Crippen molar-refractivity contribution in [1.29, 1.82) is 0 Å². The van der Waals surface area contributed by atoms with Gasteiger partial charge in [0, 0.05) is 12.0 Å². The molecule has 0 aliphatic heterocycles. The van der Waals surface area contributed by atoms with Crippen molar-refractivity contribution in [2.75, 3.05) is 0 Å². The van der Waals surface area contributed by atoms with E-state index in [1.165, 1.54) is 12.1 Å². The molecule has 0 aromatic heterocycles. The van der Waals surface area contributed by atoms with E-state index in [4.69, 9.17) is 0 Å². The zero-order chi connectivity index (χ0) is 9.59. The van der Waals surface area contributed by atoms with Gasteiger partial charge in [0.25, 0.3) is 0 Å². The molecule has 1 aliphatic carbocycles. The van der Waals surface area contributed by atoms with E-state index in [1.54, 1.807) is 0 Å². The van der Waals surface area contributed by atoms with Crippen LogP contribution in [0.1, 0.15) is 35.2 Å². The zero-order valence-electron chi connectivity index (χ0n) is 7.24. The molecule has 0 fully saturated rings. The normalized spacial score (nSPS) is 20.4. The number of benzene rings is 1. The minimum Gasteiger partial charge on any atom is -0.508 e. The first kappa shape index (κ1) is 8.10. The van der Waals surface area contributed by atoms with Crippen LogP contribution in [-0.2, 0) is 0 Å². The van der Waals surface area contributed by atoms with Crippen molar-refractivity contribution in [1.82, 2.24) is 0 Å². The topological polar surface area (TPSA) is 57.5 Å². The fourth-order valence-corrected chi connectivity index (χ4v) is 1.87. The van der Waals surface area contributed by atoms with E-state index in [-0.39, 0.29) is 23.2 Å². The maximum absolute atomic E-state index is 11.4. The molecule has 0 saturated carbocycles. The second kappa shape index (κ2) is 2.49. The van der Waals surface area contributed by atoms with Crippen molar-refractivity contribution in [2.45, 2.75) is 19.3 Å². The van der Waals surface area contributed by atoms with Gasteiger partial charge in [-0.2, -0.15) is 0 Å². The molecular weight excluding hydrogens is 168 g/mol. The molecule has 0 amide bonds. The third-order valence-corrected chi connectivity index (χ3v) is 2.46. The number of phenols is 2. The SMILES string of the molecule is C[C@H]1CC(=O)c2c(O)ccc(O)c21. The molecule has 0 heterocycles. The van der Waals surface area contributed by atoms with Crippen molar-refractivity contribution < 1.29 is 15.0 Å². The number of fused-ring (bicyclic) bond motifs is 1. The second-order valence-electron chi connectivity index (χ2n) is 3.42. The van der Waals surface area contributed by atoms with Gasteiger partial charge in [-0.25, -0.2) is 0 Å². The van der Waals surface area contributed by atoms with Crippen molar-refractivity contribution in [2.24, 2.45) is 0 Å². The fourth-order valence-electron chi connectivity index (χ4n) is 1.87. The summed E-state index contributed by atoms with van der Waals surface area (Å²) in [6.07, 6.45) is 0.375. The van der Waals surface area contributed by atoms with Crippen LogP contribution < -0.4 is 0 Å². The zero-order valence-corrected chi connectivity index (χ0v) is 7.24. The molecule has 1 aromatic carbocycles. The summed E-state index contributed by atoms with van der Waals surface area (Å²) in [5.41, 5.74) is 0.887. The van der Waals surface area contributed by atoms with Crippen LogP contribution in [0.15, 0.2) is 12.1 Å². The predicted octanol–water partition coefficient (Wildman–Crippen LogP) is 1.79. The molecule has 3 heteroatoms. The van der Waals surface area contributed by atoms with Crippen LogP contribution in [0.2, 0.25) is 0 Å². The molecule has 1 aliphatic rings. The van der Waals surface area contributed by atoms with Crippen LogP contribution in [0.5, 0.6) is 11.5 Å². The van der Waals surface area contributed by atoms with Crippen LogP contribution >= 0.6 is 0 Å². The Bertz CT molecular complexity index is 382. The standard InChI is InChI=1S/C10H10O3/c1-5-4-8(13)10-7(12)3-2-6(11)9(5)10/h2-3,5,11-12H,4H2,1H3/t5-/m0/s1. The minimum absolute atomic E-state index is 0.00889. The molecule has 13 heavy (non-hydrogen) atoms. The highest BCUT2D eigenvalue weighted by Gasteiger charge is 2.31. The Balaban J connectivity index is 2.74. The lowest BCUT2D eigenvalue weighted by Crippen LogP contribution is -1.91. The Labute approximate surface area is 75.6 Å². The highest BCUT2D eigenvalue weighted by molar-refractivity contribution is 6.04. The summed E-state index contributed by atoms with van der Waals surface area (Å²) in [4.78, 5) is 11.4. The molecule has 1 aromatic rings. The van der Waals surface area contributed by atoms with Gasteiger partial charge in [-0.05, 0) is 18.1 Å². The molecule has 2 N–H and O–H groups in total. The predicted molar refractivity (Wildman–Crippen MR) is 47.1 cm³/mol. The van der Waals surface area contributed by atoms with Gasteiger partial charge < -0.3 is 10.2 Å². The quantitative estimate of drug-likeness (QED) is 0.595. The summed E-state index contributed by atoms with van der Waals surface area (Å²) >= 11 is 0. The summed E-state index contributed by atoms with van der Waals surface area (Å²) in [7, 11) is 0. The number of carbonyl (C=O) groups is 1. The fraction of sp³-hybridized carbons (Fsp3) is 0.300. The summed E-state index contributed by atoms with van der Waals surface area (Å²) < 4.78 is 0. The van der Waals surface area contributed by atoms with E-state index in [2.05, 4.69) is 0 Å². The summed E-state index contributed by atoms with van der Waals surface area (Å²) in [5.74, 6) is -0.00111. The third kappa shape index (κ3) is 1.00. The smallest absolute Gasteiger partial charge is 0.167 e. The number of phenolic OH excluding ortho intramolecular Hbond substituents is 2. The number of aromatic hydroxyl groups is 2. The van der Waals surface area contributed by atoms with Gasteiger partial charge in [0.2, 0.25) is 0 Å². The Morgan fingerprint density at radius 3 is 2.54 bits per heavy atom. The van der Waals surface area contributed by atoms with E-state index in [0.717, 1.165) is 0 Å². The Morgan fingerprint density at radius 2 is 1.92 bits per heavy atom. The van der Waals surface area contributed by atoms with Crippen LogP contribution in [0.3, 0.4) is 0 Å². The molecule has 3 nitrogen and oxygen atoms in total. The number of carbonyl (C=O) groups excluding carboxylic acids is 1. The highest BCUT2D eigenvalue weighted by atomic mass is 16.3. The maximum atomic E-state index is 11.4. The number of hydrogen-bond acceptors (Lipinski definition) is 3. The Kier molecular flexibility index (Phi) is 1.55. The van der Waals surface area contributed by atoms with Crippen LogP contribution in [-0.4, -0.2) is 16.0 Å². The van der Waals surface area contributed by atoms with Gasteiger partial charge in [-0.15, -0.1) is 0 Å². The monoisotopic (exact) mass is 178 g/mol. The van der Waals surface area contributed by atoms with Gasteiger partial charge >= 0.3 is 0 Å². The van der Waals surface area contributed by atoms with Crippen molar-refractivity contribution >= 4 is 5.78 Å². The lowest BCUT2D eigenvalue weighted by Gasteiger charge is -2.06. The van der Waals surface area contributed by atoms with E-state index in [1.807, 2.05) is 6.92 Å². The maximum Gasteiger partial charge on any atom is 0.167 e. The van der Waals surface area contributed by atoms with Crippen molar-refractivity contribution in [3.05, 3.63) is 23.3 Å². The highest BCUT2D eigenvalue weighted by Crippen LogP contribution is 2.42. The average molecular weight is 178 g/mol. The summed E-state index contributed by atoms with van der Waals surface area (Å²) in [6, 6.07) is 2.77. The van der Waals surface area contributed by atoms with Crippen LogP contribution in [0.25, 0.3) is 0 Å². The minimum atomic E-state index is -0.0871. The lowest BCUT2D eigenvalue weighted by atomic mass is 10.0. The largest absolute Gasteiger partial charge is 0.508 e. The Hall–Kier alpha value is -1.51. The number of ketones is 1. The summed E-state index contributed by atoms with van der Waals surface area (Å²) in [5, 5.41) is 18.9. The molecule has 1 atom stereocenters. The van der Waals surface area contributed by atoms with Gasteiger partial charge in [-0.1, -0.05) is 6.92 Å². The average Bonchev–Trinajstić information content (AvgIpc) is 2.36. The van der Waals surface area contributed by atoms with Crippen LogP contribution in [0.4, 0.5) is 0 Å². The first-order valence-corrected chi connectivity index (χ1v) is 4.19. The third-order valence-electron chi connectivity index (χ3n) is 2.46. The van der Waals surface area contributed by atoms with E-state index in [9.17, 15) is 15.0 Å². The van der Waals surface area contributed by atoms with Crippen molar-refractivity contribution in [3.8, 4) is 11.5 Å². The molecular formula is C10H10O3. The Morgan fingerprint density at radius 1 is 1.31 bits per heavy atom. The lowest BCUT2D eigenvalue weighted by molar-refractivity contribution is 0.0988. The van der Waals surface area contributed by atoms with Gasteiger partial charge in [0.05, 0.1) is 5.56 Å².